The lowest BCUT2D eigenvalue weighted by molar-refractivity contribution is -0.152. The molecule has 25 heavy (non-hydrogen) atoms. The number of rotatable bonds is 8. The second-order valence-corrected chi connectivity index (χ2v) is 6.64. The fourth-order valence-electron chi connectivity index (χ4n) is 3.45. The van der Waals surface area contributed by atoms with Crippen LogP contribution in [0.5, 0.6) is 5.75 Å². The first-order chi connectivity index (χ1) is 12.0. The van der Waals surface area contributed by atoms with E-state index in [1.54, 1.807) is 7.11 Å². The van der Waals surface area contributed by atoms with E-state index >= 15 is 0 Å². The van der Waals surface area contributed by atoms with E-state index in [0.29, 0.717) is 19.4 Å². The lowest BCUT2D eigenvalue weighted by atomic mass is 9.79. The van der Waals surface area contributed by atoms with Crippen molar-refractivity contribution in [3.8, 4) is 5.75 Å². The predicted octanol–water partition coefficient (Wildman–Crippen LogP) is 2.67. The number of hydrogen-bond acceptors (Lipinski definition) is 4. The highest BCUT2D eigenvalue weighted by atomic mass is 16.5. The summed E-state index contributed by atoms with van der Waals surface area (Å²) in [6.45, 7) is 5.18. The Morgan fingerprint density at radius 1 is 1.32 bits per heavy atom. The van der Waals surface area contributed by atoms with Gasteiger partial charge in [-0.1, -0.05) is 26.0 Å². The molecule has 6 nitrogen and oxygen atoms in total. The van der Waals surface area contributed by atoms with E-state index in [2.05, 4.69) is 10.2 Å². The van der Waals surface area contributed by atoms with Gasteiger partial charge in [0.25, 0.3) is 0 Å². The van der Waals surface area contributed by atoms with Gasteiger partial charge in [-0.15, -0.1) is 0 Å². The maximum absolute atomic E-state index is 12.4. The molecule has 2 N–H and O–H groups in total. The Kier molecular flexibility index (Phi) is 6.28. The van der Waals surface area contributed by atoms with Crippen LogP contribution in [0.25, 0.3) is 0 Å². The number of anilines is 1. The fourth-order valence-corrected chi connectivity index (χ4v) is 3.45. The summed E-state index contributed by atoms with van der Waals surface area (Å²) in [7, 11) is 1.65. The second-order valence-electron chi connectivity index (χ2n) is 6.64. The molecule has 1 fully saturated rings. The smallest absolute Gasteiger partial charge is 0.310 e. The lowest BCUT2D eigenvalue weighted by Crippen LogP contribution is -2.42. The van der Waals surface area contributed by atoms with Crippen LogP contribution in [0.1, 0.15) is 39.5 Å². The Morgan fingerprint density at radius 3 is 2.60 bits per heavy atom. The number of carboxylic acid groups (broad SMARTS) is 1. The van der Waals surface area contributed by atoms with Crippen LogP contribution in [0.2, 0.25) is 0 Å². The van der Waals surface area contributed by atoms with Crippen molar-refractivity contribution in [2.45, 2.75) is 45.6 Å². The van der Waals surface area contributed by atoms with Crippen molar-refractivity contribution in [2.24, 2.45) is 5.41 Å². The molecule has 1 atom stereocenters. The van der Waals surface area contributed by atoms with Crippen LogP contribution in [0.15, 0.2) is 24.3 Å². The standard InChI is InChI=1S/C19H28N2O4/c1-4-19(5-2,18(23)24)12-17(22)20-14-10-11-21(13-14)15-8-6-7-9-16(15)25-3/h6-9,14H,4-5,10-13H2,1-3H3,(H,20,22)(H,23,24). The van der Waals surface area contributed by atoms with Gasteiger partial charge in [0, 0.05) is 25.6 Å². The Labute approximate surface area is 149 Å². The van der Waals surface area contributed by atoms with Crippen LogP contribution in [0.3, 0.4) is 0 Å². The Balaban J connectivity index is 1.96. The molecular weight excluding hydrogens is 320 g/mol. The van der Waals surface area contributed by atoms with E-state index < -0.39 is 11.4 Å². The molecule has 0 spiro atoms. The van der Waals surface area contributed by atoms with E-state index in [1.165, 1.54) is 0 Å². The van der Waals surface area contributed by atoms with Gasteiger partial charge in [-0.2, -0.15) is 0 Å². The molecular formula is C19H28N2O4. The Bertz CT molecular complexity index is 613. The van der Waals surface area contributed by atoms with Crippen LogP contribution >= 0.6 is 0 Å². The van der Waals surface area contributed by atoms with Crippen LogP contribution in [-0.4, -0.2) is 43.2 Å². The molecule has 1 aliphatic heterocycles. The van der Waals surface area contributed by atoms with Crippen molar-refractivity contribution in [3.63, 3.8) is 0 Å². The molecule has 0 aromatic heterocycles. The van der Waals surface area contributed by atoms with Crippen molar-refractivity contribution in [1.82, 2.24) is 5.32 Å². The molecule has 1 aromatic rings. The third kappa shape index (κ3) is 4.24. The zero-order chi connectivity index (χ0) is 18.4. The number of para-hydroxylation sites is 2. The predicted molar refractivity (Wildman–Crippen MR) is 97.0 cm³/mol. The van der Waals surface area contributed by atoms with Crippen molar-refractivity contribution in [1.29, 1.82) is 0 Å². The summed E-state index contributed by atoms with van der Waals surface area (Å²) >= 11 is 0. The highest BCUT2D eigenvalue weighted by Crippen LogP contribution is 2.32. The van der Waals surface area contributed by atoms with Crippen molar-refractivity contribution in [3.05, 3.63) is 24.3 Å². The molecule has 138 valence electrons. The van der Waals surface area contributed by atoms with E-state index in [9.17, 15) is 14.7 Å². The molecule has 1 saturated heterocycles. The number of carbonyl (C=O) groups is 2. The van der Waals surface area contributed by atoms with Gasteiger partial charge in [0.05, 0.1) is 18.2 Å². The minimum absolute atomic E-state index is 0.0256. The maximum atomic E-state index is 12.4. The van der Waals surface area contributed by atoms with Crippen molar-refractivity contribution >= 4 is 17.6 Å². The number of nitrogens with one attached hydrogen (secondary N) is 1. The molecule has 2 rings (SSSR count). The Hall–Kier alpha value is -2.24. The monoisotopic (exact) mass is 348 g/mol. The summed E-state index contributed by atoms with van der Waals surface area (Å²) in [6, 6.07) is 7.85. The summed E-state index contributed by atoms with van der Waals surface area (Å²) in [5.41, 5.74) is 0.0501. The first-order valence-electron chi connectivity index (χ1n) is 8.86. The van der Waals surface area contributed by atoms with Gasteiger partial charge >= 0.3 is 5.97 Å². The van der Waals surface area contributed by atoms with Crippen LogP contribution < -0.4 is 15.0 Å². The molecule has 0 aliphatic carbocycles. The van der Waals surface area contributed by atoms with Crippen LogP contribution in [0.4, 0.5) is 5.69 Å². The number of carboxylic acids is 1. The molecule has 1 amide bonds. The number of nitrogens with zero attached hydrogens (tertiary/aromatic N) is 1. The molecule has 1 aromatic carbocycles. The van der Waals surface area contributed by atoms with E-state index in [1.807, 2.05) is 38.1 Å². The van der Waals surface area contributed by atoms with E-state index in [4.69, 9.17) is 4.74 Å². The number of carbonyl (C=O) groups excluding carboxylic acids is 1. The summed E-state index contributed by atoms with van der Waals surface area (Å²) < 4.78 is 5.40. The third-order valence-electron chi connectivity index (χ3n) is 5.29. The minimum atomic E-state index is -0.967. The molecule has 0 radical (unpaired) electrons. The average Bonchev–Trinajstić information content (AvgIpc) is 3.07. The Morgan fingerprint density at radius 2 is 2.00 bits per heavy atom. The molecule has 0 bridgehead atoms. The van der Waals surface area contributed by atoms with Gasteiger partial charge < -0.3 is 20.1 Å². The van der Waals surface area contributed by atoms with Gasteiger partial charge in [-0.05, 0) is 31.4 Å². The van der Waals surface area contributed by atoms with E-state index in [-0.39, 0.29) is 18.4 Å². The number of hydrogen-bond donors (Lipinski definition) is 2. The molecule has 1 aliphatic rings. The largest absolute Gasteiger partial charge is 0.495 e. The highest BCUT2D eigenvalue weighted by Gasteiger charge is 2.38. The SMILES string of the molecule is CCC(CC)(CC(=O)NC1CCN(c2ccccc2OC)C1)C(=O)O. The third-order valence-corrected chi connectivity index (χ3v) is 5.29. The fraction of sp³-hybridized carbons (Fsp3) is 0.579. The number of methoxy groups -OCH3 is 1. The lowest BCUT2D eigenvalue weighted by Gasteiger charge is -2.27. The normalized spacial score (nSPS) is 17.4. The number of aliphatic carboxylic acids is 1. The van der Waals surface area contributed by atoms with Crippen LogP contribution in [0, 0.1) is 5.41 Å². The topological polar surface area (TPSA) is 78.9 Å². The number of ether oxygens (including phenoxy) is 1. The molecule has 1 heterocycles. The van der Waals surface area contributed by atoms with Crippen molar-refractivity contribution in [2.75, 3.05) is 25.1 Å². The zero-order valence-electron chi connectivity index (χ0n) is 15.2. The summed E-state index contributed by atoms with van der Waals surface area (Å²) in [6.07, 6.45) is 1.76. The zero-order valence-corrected chi connectivity index (χ0v) is 15.2. The first kappa shape index (κ1) is 19.1. The van der Waals surface area contributed by atoms with Gasteiger partial charge in [0.15, 0.2) is 0 Å². The maximum Gasteiger partial charge on any atom is 0.310 e. The summed E-state index contributed by atoms with van der Waals surface area (Å²) in [5, 5.41) is 12.5. The quantitative estimate of drug-likeness (QED) is 0.755. The molecule has 1 unspecified atom stereocenters. The summed E-state index contributed by atoms with van der Waals surface area (Å²) in [4.78, 5) is 26.1. The minimum Gasteiger partial charge on any atom is -0.495 e. The average molecular weight is 348 g/mol. The van der Waals surface area contributed by atoms with Crippen molar-refractivity contribution < 1.29 is 19.4 Å². The van der Waals surface area contributed by atoms with Crippen LogP contribution in [-0.2, 0) is 9.59 Å². The first-order valence-corrected chi connectivity index (χ1v) is 8.86. The summed E-state index contributed by atoms with van der Waals surface area (Å²) in [5.74, 6) is -0.260. The van der Waals surface area contributed by atoms with Gasteiger partial charge in [-0.3, -0.25) is 9.59 Å². The van der Waals surface area contributed by atoms with E-state index in [0.717, 1.165) is 24.4 Å². The molecule has 6 heteroatoms. The highest BCUT2D eigenvalue weighted by molar-refractivity contribution is 5.85. The number of benzene rings is 1. The molecule has 0 saturated carbocycles. The van der Waals surface area contributed by atoms with Gasteiger partial charge in [0.2, 0.25) is 5.91 Å². The van der Waals surface area contributed by atoms with Gasteiger partial charge in [-0.25, -0.2) is 0 Å². The number of amides is 1. The second kappa shape index (κ2) is 8.23. The van der Waals surface area contributed by atoms with Gasteiger partial charge in [0.1, 0.15) is 5.75 Å².